The summed E-state index contributed by atoms with van der Waals surface area (Å²) in [6, 6.07) is 13.5. The summed E-state index contributed by atoms with van der Waals surface area (Å²) in [4.78, 5) is 17.1. The minimum atomic E-state index is -4.03. The minimum absolute atomic E-state index is 0.00515. The van der Waals surface area contributed by atoms with E-state index in [1.165, 1.54) is 24.3 Å². The fourth-order valence-corrected chi connectivity index (χ4v) is 7.39. The van der Waals surface area contributed by atoms with Gasteiger partial charge in [0.15, 0.2) is 0 Å². The number of nitrogens with two attached hydrogens (primary N) is 1. The first kappa shape index (κ1) is 29.1. The predicted octanol–water partition coefficient (Wildman–Crippen LogP) is 4.03. The maximum Gasteiger partial charge on any atom is 0.250 e. The molecule has 2 fully saturated rings. The van der Waals surface area contributed by atoms with Crippen LogP contribution in [0.1, 0.15) is 29.6 Å². The van der Waals surface area contributed by atoms with Crippen LogP contribution in [0.2, 0.25) is 0 Å². The molecule has 6 rings (SSSR count). The maximum atomic E-state index is 14.0. The fraction of sp³-hybridized carbons (Fsp3) is 0.355. The zero-order valence-electron chi connectivity index (χ0n) is 24.1. The molecular weight excluding hydrogens is 571 g/mol. The number of sulfone groups is 1. The number of likely N-dealkylation sites (N-methyl/N-ethyl adjacent to an activating group) is 2. The first-order valence-electron chi connectivity index (χ1n) is 14.3. The van der Waals surface area contributed by atoms with E-state index in [4.69, 9.17) is 10.5 Å². The number of ether oxygens (including phenoxy) is 1. The van der Waals surface area contributed by atoms with E-state index < -0.39 is 21.6 Å². The number of carbonyl (C=O) groups excluding carboxylic acids is 1. The molecule has 0 aliphatic carbocycles. The highest BCUT2D eigenvalue weighted by Crippen LogP contribution is 2.43. The second kappa shape index (κ2) is 11.6. The number of H-pyrrole nitrogens is 1. The van der Waals surface area contributed by atoms with Gasteiger partial charge in [0.05, 0.1) is 32.1 Å². The highest BCUT2D eigenvalue weighted by molar-refractivity contribution is 7.91. The summed E-state index contributed by atoms with van der Waals surface area (Å²) >= 11 is 0. The number of benzene rings is 3. The van der Waals surface area contributed by atoms with E-state index in [0.717, 1.165) is 44.1 Å². The molecule has 1 amide bonds. The molecule has 43 heavy (non-hydrogen) atoms. The lowest BCUT2D eigenvalue weighted by atomic mass is 9.96. The zero-order valence-corrected chi connectivity index (χ0v) is 25.0. The number of amides is 1. The molecule has 226 valence electrons. The van der Waals surface area contributed by atoms with Crippen molar-refractivity contribution in [1.29, 1.82) is 0 Å². The summed E-state index contributed by atoms with van der Waals surface area (Å²) < 4.78 is 46.6. The molecule has 3 aromatic carbocycles. The second-order valence-electron chi connectivity index (χ2n) is 11.3. The number of carbonyl (C=O) groups is 1. The molecule has 1 unspecified atom stereocenters. The van der Waals surface area contributed by atoms with Crippen LogP contribution in [0.4, 0.5) is 15.8 Å². The fourth-order valence-electron chi connectivity index (χ4n) is 6.07. The number of nitrogens with zero attached hydrogens (tertiary/aromatic N) is 3. The summed E-state index contributed by atoms with van der Waals surface area (Å²) in [5.74, 6) is -1.22. The Balaban J connectivity index is 1.56. The van der Waals surface area contributed by atoms with Gasteiger partial charge in [-0.05, 0) is 81.4 Å². The van der Waals surface area contributed by atoms with E-state index >= 15 is 0 Å². The number of nitrogens with one attached hydrogen (secondary N) is 2. The van der Waals surface area contributed by atoms with Crippen molar-refractivity contribution in [1.82, 2.24) is 15.1 Å². The van der Waals surface area contributed by atoms with Crippen molar-refractivity contribution in [3.63, 3.8) is 0 Å². The summed E-state index contributed by atoms with van der Waals surface area (Å²) in [5.41, 5.74) is 9.39. The van der Waals surface area contributed by atoms with Crippen molar-refractivity contribution in [2.75, 3.05) is 50.6 Å². The number of hydrogen-bond donors (Lipinski definition) is 3. The van der Waals surface area contributed by atoms with Crippen LogP contribution in [0.3, 0.4) is 0 Å². The molecule has 1 aromatic heterocycles. The smallest absolute Gasteiger partial charge is 0.250 e. The van der Waals surface area contributed by atoms with E-state index in [1.807, 2.05) is 13.1 Å². The van der Waals surface area contributed by atoms with E-state index in [1.54, 1.807) is 18.2 Å². The number of rotatable bonds is 8. The van der Waals surface area contributed by atoms with E-state index in [9.17, 15) is 17.6 Å². The third-order valence-electron chi connectivity index (χ3n) is 8.50. The van der Waals surface area contributed by atoms with E-state index in [2.05, 4.69) is 32.4 Å². The summed E-state index contributed by atoms with van der Waals surface area (Å²) in [6.45, 7) is 3.02. The summed E-state index contributed by atoms with van der Waals surface area (Å²) in [5, 5.41) is 11.9. The van der Waals surface area contributed by atoms with Crippen LogP contribution in [0.5, 0.6) is 0 Å². The van der Waals surface area contributed by atoms with Gasteiger partial charge in [-0.3, -0.25) is 9.89 Å². The molecule has 4 aromatic rings. The van der Waals surface area contributed by atoms with Crippen LogP contribution in [-0.2, 0) is 14.6 Å². The van der Waals surface area contributed by atoms with Crippen molar-refractivity contribution >= 4 is 38.0 Å². The van der Waals surface area contributed by atoms with Gasteiger partial charge >= 0.3 is 0 Å². The molecule has 2 saturated heterocycles. The number of hydrogen-bond acceptors (Lipinski definition) is 8. The number of halogens is 1. The molecular formula is C31H35FN6O4S. The van der Waals surface area contributed by atoms with Crippen molar-refractivity contribution in [3.05, 3.63) is 66.0 Å². The normalized spacial score (nSPS) is 18.3. The first-order valence-corrected chi connectivity index (χ1v) is 15.8. The molecule has 12 heteroatoms. The topological polar surface area (TPSA) is 134 Å². The number of aromatic amines is 1. The lowest BCUT2D eigenvalue weighted by Gasteiger charge is -2.32. The predicted molar refractivity (Wildman–Crippen MR) is 164 cm³/mol. The third-order valence-corrected chi connectivity index (χ3v) is 10.2. The number of aromatic nitrogens is 2. The van der Waals surface area contributed by atoms with Gasteiger partial charge in [0, 0.05) is 50.0 Å². The van der Waals surface area contributed by atoms with Crippen LogP contribution in [0.25, 0.3) is 22.2 Å². The van der Waals surface area contributed by atoms with Crippen LogP contribution in [0, 0.1) is 5.82 Å². The van der Waals surface area contributed by atoms with Crippen molar-refractivity contribution in [2.24, 2.45) is 5.73 Å². The number of fused-ring (bicyclic) bond motifs is 1. The average molecular weight is 607 g/mol. The third kappa shape index (κ3) is 5.57. The average Bonchev–Trinajstić information content (AvgIpc) is 3.63. The summed E-state index contributed by atoms with van der Waals surface area (Å²) in [6.07, 6.45) is 2.47. The molecule has 10 nitrogen and oxygen atoms in total. The minimum Gasteiger partial charge on any atom is -0.381 e. The monoisotopic (exact) mass is 606 g/mol. The molecule has 0 radical (unpaired) electrons. The maximum absolute atomic E-state index is 14.0. The highest BCUT2D eigenvalue weighted by atomic mass is 32.2. The van der Waals surface area contributed by atoms with Gasteiger partial charge in [0.25, 0.3) is 5.91 Å². The molecule has 3 heterocycles. The first-order chi connectivity index (χ1) is 20.6. The van der Waals surface area contributed by atoms with Gasteiger partial charge in [0.1, 0.15) is 11.5 Å². The van der Waals surface area contributed by atoms with E-state index in [-0.39, 0.29) is 21.9 Å². The Kier molecular flexibility index (Phi) is 7.84. The van der Waals surface area contributed by atoms with Gasteiger partial charge in [-0.1, -0.05) is 6.07 Å². The zero-order chi connectivity index (χ0) is 30.3. The number of primary amides is 1. The summed E-state index contributed by atoms with van der Waals surface area (Å²) in [7, 11) is 0.0843. The van der Waals surface area contributed by atoms with Crippen LogP contribution < -0.4 is 16.0 Å². The lowest BCUT2D eigenvalue weighted by Crippen LogP contribution is -2.35. The van der Waals surface area contributed by atoms with Gasteiger partial charge in [0.2, 0.25) is 9.84 Å². The van der Waals surface area contributed by atoms with E-state index in [0.29, 0.717) is 46.6 Å². The molecule has 4 N–H and O–H groups in total. The van der Waals surface area contributed by atoms with Gasteiger partial charge in [-0.15, -0.1) is 0 Å². The van der Waals surface area contributed by atoms with Crippen molar-refractivity contribution in [2.45, 2.75) is 41.1 Å². The van der Waals surface area contributed by atoms with Crippen LogP contribution >= 0.6 is 0 Å². The second-order valence-corrected chi connectivity index (χ2v) is 13.3. The molecule has 1 atom stereocenters. The van der Waals surface area contributed by atoms with Gasteiger partial charge in [-0.25, -0.2) is 12.8 Å². The number of likely N-dealkylation sites (tertiary alicyclic amines) is 1. The Morgan fingerprint density at radius 2 is 1.88 bits per heavy atom. The van der Waals surface area contributed by atoms with Crippen molar-refractivity contribution in [3.8, 4) is 11.3 Å². The Hall–Kier alpha value is -4.00. The highest BCUT2D eigenvalue weighted by Gasteiger charge is 2.30. The lowest BCUT2D eigenvalue weighted by molar-refractivity contribution is 0.0904. The van der Waals surface area contributed by atoms with Crippen LogP contribution in [-0.4, -0.2) is 81.9 Å². The van der Waals surface area contributed by atoms with Gasteiger partial charge < -0.3 is 25.6 Å². The number of anilines is 2. The Labute approximate surface area is 249 Å². The van der Waals surface area contributed by atoms with Crippen LogP contribution in [0.15, 0.2) is 64.4 Å². The SMILES string of the molecule is CN1CCC(N(C)c2ccc(C(N)=O)c(NC3CCOCC3)c2-c2n[nH]c3ccc(S(=O)(=O)c4cccc(F)c4)cc23)C1. The van der Waals surface area contributed by atoms with Gasteiger partial charge in [-0.2, -0.15) is 5.10 Å². The molecule has 0 bridgehead atoms. The van der Waals surface area contributed by atoms with Crippen molar-refractivity contribution < 1.29 is 22.3 Å². The Morgan fingerprint density at radius 1 is 1.12 bits per heavy atom. The molecule has 0 saturated carbocycles. The standard InChI is InChI=1S/C31H35FN6O4S/c1-37-13-10-21(18-37)38(2)27-9-7-24(31(33)39)29(34-20-11-14-42-15-12-20)28(27)30-25-17-23(6-8-26(25)35-36-30)43(40,41)22-5-3-4-19(32)16-22/h3-9,16-17,20-21,34H,10-15,18H2,1-2H3,(H2,33,39)(H,35,36). The molecule has 2 aliphatic rings. The largest absolute Gasteiger partial charge is 0.381 e. The molecule has 0 spiro atoms. The Morgan fingerprint density at radius 3 is 2.58 bits per heavy atom. The Bertz CT molecular complexity index is 1790. The quantitative estimate of drug-likeness (QED) is 0.274. The molecule has 2 aliphatic heterocycles.